The number of benzene rings is 3. The number of carbonyl (C=O) groups excluding carboxylic acids is 2. The largest absolute Gasteiger partial charge is 0.469 e. The highest BCUT2D eigenvalue weighted by molar-refractivity contribution is 7.89. The van der Waals surface area contributed by atoms with Crippen molar-refractivity contribution in [3.63, 3.8) is 0 Å². The molecule has 202 valence electrons. The summed E-state index contributed by atoms with van der Waals surface area (Å²) in [5.74, 6) is -0.861. The van der Waals surface area contributed by atoms with E-state index in [-0.39, 0.29) is 29.1 Å². The number of likely N-dealkylation sites (tertiary alicyclic amines) is 1. The number of hydrogen-bond acceptors (Lipinski definition) is 7. The summed E-state index contributed by atoms with van der Waals surface area (Å²) in [6.07, 6.45) is 1.13. The van der Waals surface area contributed by atoms with Crippen LogP contribution >= 0.6 is 0 Å². The maximum atomic E-state index is 13.7. The lowest BCUT2D eigenvalue weighted by Gasteiger charge is -2.33. The van der Waals surface area contributed by atoms with Gasteiger partial charge >= 0.3 is 5.97 Å². The summed E-state index contributed by atoms with van der Waals surface area (Å²) in [6, 6.07) is 19.0. The number of methoxy groups -OCH3 is 1. The second kappa shape index (κ2) is 12.5. The Morgan fingerprint density at radius 2 is 1.71 bits per heavy atom. The van der Waals surface area contributed by atoms with Crippen molar-refractivity contribution in [3.8, 4) is 0 Å². The van der Waals surface area contributed by atoms with Crippen LogP contribution in [0.5, 0.6) is 0 Å². The number of rotatable bonds is 10. The average Bonchev–Trinajstić information content (AvgIpc) is 2.94. The number of carbonyl (C=O) groups is 2. The number of esters is 1. The molecule has 0 saturated carbocycles. The highest BCUT2D eigenvalue weighted by Gasteiger charge is 2.33. The highest BCUT2D eigenvalue weighted by atomic mass is 32.2. The molecule has 3 aromatic carbocycles. The number of piperidine rings is 1. The summed E-state index contributed by atoms with van der Waals surface area (Å²) in [5, 5.41) is 4.79. The number of hydrogen-bond donors (Lipinski definition) is 3. The molecule has 1 saturated heterocycles. The van der Waals surface area contributed by atoms with Crippen LogP contribution in [0, 0.1) is 5.92 Å². The molecule has 4 rings (SSSR count). The minimum Gasteiger partial charge on any atom is -0.469 e. The fraction of sp³-hybridized carbons (Fsp3) is 0.357. The third-order valence-electron chi connectivity index (χ3n) is 6.87. The Morgan fingerprint density at radius 1 is 1.00 bits per heavy atom. The van der Waals surface area contributed by atoms with E-state index in [0.29, 0.717) is 39.1 Å². The molecule has 1 atom stereocenters. The van der Waals surface area contributed by atoms with Gasteiger partial charge in [0.15, 0.2) is 0 Å². The van der Waals surface area contributed by atoms with Gasteiger partial charge in [-0.25, -0.2) is 8.42 Å². The Hall–Kier alpha value is -3.31. The monoisotopic (exact) mass is 538 g/mol. The number of nitrogens with two attached hydrogens (primary N) is 1. The minimum absolute atomic E-state index is 0.0966. The molecule has 0 bridgehead atoms. The zero-order chi connectivity index (χ0) is 27.1. The first-order chi connectivity index (χ1) is 18.3. The molecule has 1 amide bonds. The summed E-state index contributed by atoms with van der Waals surface area (Å²) in [6.45, 7) is 1.60. The molecule has 1 heterocycles. The first-order valence-electron chi connectivity index (χ1n) is 12.7. The van der Waals surface area contributed by atoms with Gasteiger partial charge in [-0.2, -0.15) is 4.72 Å². The van der Waals surface area contributed by atoms with Crippen molar-refractivity contribution in [2.24, 2.45) is 11.7 Å². The molecule has 0 aliphatic carbocycles. The van der Waals surface area contributed by atoms with Crippen molar-refractivity contribution in [3.05, 3.63) is 77.9 Å². The van der Waals surface area contributed by atoms with Crippen LogP contribution in [0.15, 0.2) is 71.6 Å². The summed E-state index contributed by atoms with van der Waals surface area (Å²) < 4.78 is 34.5. The SMILES string of the molecule is COC(=O)C1CCN(C(=O)[C@@H](Cc2cccc(CNCN)c2)NS(=O)(=O)c2ccc3ccccc3c2)CC1. The van der Waals surface area contributed by atoms with Crippen molar-refractivity contribution in [2.75, 3.05) is 26.9 Å². The smallest absolute Gasteiger partial charge is 0.308 e. The molecule has 9 nitrogen and oxygen atoms in total. The summed E-state index contributed by atoms with van der Waals surface area (Å²) in [4.78, 5) is 27.3. The lowest BCUT2D eigenvalue weighted by atomic mass is 9.96. The van der Waals surface area contributed by atoms with E-state index in [2.05, 4.69) is 10.0 Å². The van der Waals surface area contributed by atoms with E-state index in [0.717, 1.165) is 21.9 Å². The Balaban J connectivity index is 1.58. The van der Waals surface area contributed by atoms with Crippen molar-refractivity contribution in [1.29, 1.82) is 0 Å². The molecule has 10 heteroatoms. The van der Waals surface area contributed by atoms with Gasteiger partial charge in [0.25, 0.3) is 0 Å². The molecule has 38 heavy (non-hydrogen) atoms. The van der Waals surface area contributed by atoms with E-state index in [4.69, 9.17) is 10.5 Å². The summed E-state index contributed by atoms with van der Waals surface area (Å²) >= 11 is 0. The lowest BCUT2D eigenvalue weighted by molar-refractivity contribution is -0.149. The lowest BCUT2D eigenvalue weighted by Crippen LogP contribution is -2.52. The van der Waals surface area contributed by atoms with Gasteiger partial charge in [0, 0.05) is 26.3 Å². The highest BCUT2D eigenvalue weighted by Crippen LogP contribution is 2.22. The predicted molar refractivity (Wildman–Crippen MR) is 145 cm³/mol. The van der Waals surface area contributed by atoms with E-state index in [1.54, 1.807) is 23.1 Å². The van der Waals surface area contributed by atoms with E-state index in [1.807, 2.05) is 48.5 Å². The first kappa shape index (κ1) is 27.7. The molecule has 0 radical (unpaired) electrons. The number of ether oxygens (including phenoxy) is 1. The van der Waals surface area contributed by atoms with Gasteiger partial charge in [-0.3, -0.25) is 9.59 Å². The van der Waals surface area contributed by atoms with E-state index in [1.165, 1.54) is 7.11 Å². The normalized spacial score (nSPS) is 15.4. The molecular formula is C28H34N4O5S. The van der Waals surface area contributed by atoms with E-state index in [9.17, 15) is 18.0 Å². The van der Waals surface area contributed by atoms with Gasteiger partial charge in [0.1, 0.15) is 6.04 Å². The van der Waals surface area contributed by atoms with Crippen molar-refractivity contribution in [2.45, 2.75) is 36.7 Å². The van der Waals surface area contributed by atoms with Crippen LogP contribution in [0.4, 0.5) is 0 Å². The number of sulfonamides is 1. The summed E-state index contributed by atoms with van der Waals surface area (Å²) in [7, 11) is -2.65. The van der Waals surface area contributed by atoms with Crippen LogP contribution in [0.3, 0.4) is 0 Å². The molecular weight excluding hydrogens is 504 g/mol. The van der Waals surface area contributed by atoms with E-state index < -0.39 is 16.1 Å². The quantitative estimate of drug-likeness (QED) is 0.266. The van der Waals surface area contributed by atoms with Crippen LogP contribution in [0.2, 0.25) is 0 Å². The Bertz CT molecular complexity index is 1390. The third-order valence-corrected chi connectivity index (χ3v) is 8.34. The Labute approximate surface area is 223 Å². The van der Waals surface area contributed by atoms with Crippen molar-refractivity contribution in [1.82, 2.24) is 14.9 Å². The van der Waals surface area contributed by atoms with Crippen LogP contribution in [0.1, 0.15) is 24.0 Å². The van der Waals surface area contributed by atoms with E-state index >= 15 is 0 Å². The topological polar surface area (TPSA) is 131 Å². The number of amides is 1. The fourth-order valence-electron chi connectivity index (χ4n) is 4.81. The summed E-state index contributed by atoms with van der Waals surface area (Å²) in [5.41, 5.74) is 7.35. The van der Waals surface area contributed by atoms with Gasteiger partial charge in [0.2, 0.25) is 15.9 Å². The second-order valence-electron chi connectivity index (χ2n) is 9.46. The van der Waals surface area contributed by atoms with Crippen LogP contribution < -0.4 is 15.8 Å². The predicted octanol–water partition coefficient (Wildman–Crippen LogP) is 2.15. The molecule has 1 fully saturated rings. The molecule has 1 aliphatic heterocycles. The third kappa shape index (κ3) is 6.76. The van der Waals surface area contributed by atoms with Gasteiger partial charge < -0.3 is 20.7 Å². The maximum absolute atomic E-state index is 13.7. The molecule has 0 unspecified atom stereocenters. The fourth-order valence-corrected chi connectivity index (χ4v) is 6.03. The zero-order valence-corrected chi connectivity index (χ0v) is 22.2. The van der Waals surface area contributed by atoms with Crippen molar-refractivity contribution < 1.29 is 22.7 Å². The van der Waals surface area contributed by atoms with Gasteiger partial charge in [0.05, 0.1) is 17.9 Å². The standard InChI is InChI=1S/C28H34N4O5S/c1-37-28(34)23-11-13-32(14-12-23)27(33)26(16-20-5-4-6-21(15-20)18-30-19-29)31-38(35,36)25-10-9-22-7-2-3-8-24(22)17-25/h2-10,15,17,23,26,30-31H,11-14,16,18-19,29H2,1H3/t26-/m1/s1. The Morgan fingerprint density at radius 3 is 2.42 bits per heavy atom. The van der Waals surface area contributed by atoms with Crippen molar-refractivity contribution >= 4 is 32.7 Å². The molecule has 0 spiro atoms. The van der Waals surface area contributed by atoms with Crippen LogP contribution in [0.25, 0.3) is 10.8 Å². The molecule has 4 N–H and O–H groups in total. The molecule has 1 aliphatic rings. The number of nitrogens with one attached hydrogen (secondary N) is 2. The van der Waals surface area contributed by atoms with Crippen LogP contribution in [-0.4, -0.2) is 58.1 Å². The first-order valence-corrected chi connectivity index (χ1v) is 14.2. The average molecular weight is 539 g/mol. The molecule has 0 aromatic heterocycles. The minimum atomic E-state index is -4.01. The number of nitrogens with zero attached hydrogens (tertiary/aromatic N) is 1. The van der Waals surface area contributed by atoms with Gasteiger partial charge in [-0.1, -0.05) is 54.6 Å². The van der Waals surface area contributed by atoms with Gasteiger partial charge in [-0.05, 0) is 53.3 Å². The zero-order valence-electron chi connectivity index (χ0n) is 21.4. The van der Waals surface area contributed by atoms with Crippen LogP contribution in [-0.2, 0) is 37.3 Å². The second-order valence-corrected chi connectivity index (χ2v) is 11.2. The maximum Gasteiger partial charge on any atom is 0.308 e. The Kier molecular flexibility index (Phi) is 9.11. The number of fused-ring (bicyclic) bond motifs is 1. The molecule has 3 aromatic rings. The van der Waals surface area contributed by atoms with Gasteiger partial charge in [-0.15, -0.1) is 0 Å².